The standard InChI is InChI=1S/C14H25N3/c1-6-7-17(5)13-9-11(10-15)8-12(16-13)14(2,3)4/h8-9H,6-7,10,15H2,1-5H3. The molecule has 0 unspecified atom stereocenters. The van der Waals surface area contributed by atoms with Crippen LogP contribution in [0.4, 0.5) is 5.82 Å². The molecule has 0 radical (unpaired) electrons. The van der Waals surface area contributed by atoms with Crippen LogP contribution < -0.4 is 10.6 Å². The molecule has 2 N–H and O–H groups in total. The normalized spacial score (nSPS) is 11.6. The van der Waals surface area contributed by atoms with Crippen LogP contribution in [0.2, 0.25) is 0 Å². The maximum absolute atomic E-state index is 5.76. The van der Waals surface area contributed by atoms with Gasteiger partial charge < -0.3 is 10.6 Å². The quantitative estimate of drug-likeness (QED) is 0.872. The molecule has 0 aliphatic rings. The molecule has 0 saturated carbocycles. The molecule has 17 heavy (non-hydrogen) atoms. The van der Waals surface area contributed by atoms with Crippen LogP contribution in [0.25, 0.3) is 0 Å². The molecule has 3 heteroatoms. The predicted molar refractivity (Wildman–Crippen MR) is 74.4 cm³/mol. The smallest absolute Gasteiger partial charge is 0.128 e. The van der Waals surface area contributed by atoms with Crippen molar-refractivity contribution < 1.29 is 0 Å². The van der Waals surface area contributed by atoms with E-state index in [0.29, 0.717) is 6.54 Å². The molecule has 1 aromatic heterocycles. The Morgan fingerprint density at radius 2 is 1.94 bits per heavy atom. The van der Waals surface area contributed by atoms with Crippen LogP contribution in [0.1, 0.15) is 45.4 Å². The van der Waals surface area contributed by atoms with Gasteiger partial charge >= 0.3 is 0 Å². The lowest BCUT2D eigenvalue weighted by molar-refractivity contribution is 0.567. The minimum Gasteiger partial charge on any atom is -0.360 e. The fourth-order valence-electron chi connectivity index (χ4n) is 1.72. The van der Waals surface area contributed by atoms with Gasteiger partial charge in [-0.1, -0.05) is 27.7 Å². The third-order valence-electron chi connectivity index (χ3n) is 2.83. The summed E-state index contributed by atoms with van der Waals surface area (Å²) in [4.78, 5) is 6.93. The highest BCUT2D eigenvalue weighted by Gasteiger charge is 2.17. The minimum atomic E-state index is 0.0625. The van der Waals surface area contributed by atoms with Gasteiger partial charge in [-0.2, -0.15) is 0 Å². The summed E-state index contributed by atoms with van der Waals surface area (Å²) in [6.07, 6.45) is 1.12. The van der Waals surface area contributed by atoms with Gasteiger partial charge in [0.25, 0.3) is 0 Å². The molecule has 1 heterocycles. The maximum atomic E-state index is 5.76. The summed E-state index contributed by atoms with van der Waals surface area (Å²) in [5.41, 5.74) is 8.09. The zero-order chi connectivity index (χ0) is 13.1. The molecule has 0 aromatic carbocycles. The first-order chi connectivity index (χ1) is 7.88. The lowest BCUT2D eigenvalue weighted by Crippen LogP contribution is -2.22. The Bertz CT molecular complexity index is 366. The molecular formula is C14H25N3. The van der Waals surface area contributed by atoms with Gasteiger partial charge in [-0.05, 0) is 24.1 Å². The monoisotopic (exact) mass is 235 g/mol. The molecule has 0 spiro atoms. The van der Waals surface area contributed by atoms with Crippen molar-refractivity contribution >= 4 is 5.82 Å². The van der Waals surface area contributed by atoms with Crippen LogP contribution in [-0.4, -0.2) is 18.6 Å². The van der Waals surface area contributed by atoms with Crippen LogP contribution in [0.15, 0.2) is 12.1 Å². The first kappa shape index (κ1) is 14.0. The van der Waals surface area contributed by atoms with Crippen molar-refractivity contribution in [2.45, 2.75) is 46.1 Å². The average molecular weight is 235 g/mol. The molecule has 96 valence electrons. The SMILES string of the molecule is CCCN(C)c1cc(CN)cc(C(C)(C)C)n1. The average Bonchev–Trinajstić information content (AvgIpc) is 2.27. The van der Waals surface area contributed by atoms with Gasteiger partial charge in [0, 0.05) is 31.2 Å². The second-order valence-corrected chi connectivity index (χ2v) is 5.59. The van der Waals surface area contributed by atoms with Crippen LogP contribution in [0, 0.1) is 0 Å². The van der Waals surface area contributed by atoms with E-state index in [9.17, 15) is 0 Å². The fourth-order valence-corrected chi connectivity index (χ4v) is 1.72. The largest absolute Gasteiger partial charge is 0.360 e. The van der Waals surface area contributed by atoms with Gasteiger partial charge in [-0.25, -0.2) is 4.98 Å². The van der Waals surface area contributed by atoms with Crippen molar-refractivity contribution in [3.8, 4) is 0 Å². The first-order valence-corrected chi connectivity index (χ1v) is 6.31. The molecule has 3 nitrogen and oxygen atoms in total. The number of hydrogen-bond donors (Lipinski definition) is 1. The third-order valence-corrected chi connectivity index (χ3v) is 2.83. The van der Waals surface area contributed by atoms with Gasteiger partial charge in [0.1, 0.15) is 5.82 Å². The van der Waals surface area contributed by atoms with E-state index in [2.05, 4.69) is 51.8 Å². The number of nitrogens with zero attached hydrogens (tertiary/aromatic N) is 2. The van der Waals surface area contributed by atoms with Crippen molar-refractivity contribution in [2.24, 2.45) is 5.73 Å². The summed E-state index contributed by atoms with van der Waals surface area (Å²) in [5.74, 6) is 1.03. The van der Waals surface area contributed by atoms with Crippen molar-refractivity contribution in [2.75, 3.05) is 18.5 Å². The Morgan fingerprint density at radius 3 is 2.41 bits per heavy atom. The summed E-state index contributed by atoms with van der Waals surface area (Å²) in [7, 11) is 2.08. The number of aromatic nitrogens is 1. The number of pyridine rings is 1. The van der Waals surface area contributed by atoms with Gasteiger partial charge in [-0.3, -0.25) is 0 Å². The number of nitrogens with two attached hydrogens (primary N) is 1. The van der Waals surface area contributed by atoms with Crippen molar-refractivity contribution in [1.29, 1.82) is 0 Å². The first-order valence-electron chi connectivity index (χ1n) is 6.31. The summed E-state index contributed by atoms with van der Waals surface area (Å²) < 4.78 is 0. The van der Waals surface area contributed by atoms with Gasteiger partial charge in [-0.15, -0.1) is 0 Å². The fraction of sp³-hybridized carbons (Fsp3) is 0.643. The highest BCUT2D eigenvalue weighted by molar-refractivity contribution is 5.43. The van der Waals surface area contributed by atoms with E-state index < -0.39 is 0 Å². The summed E-state index contributed by atoms with van der Waals surface area (Å²) >= 11 is 0. The molecular weight excluding hydrogens is 210 g/mol. The zero-order valence-electron chi connectivity index (χ0n) is 11.7. The molecule has 0 amide bonds. The number of rotatable bonds is 4. The summed E-state index contributed by atoms with van der Waals surface area (Å²) in [6, 6.07) is 4.20. The Labute approximate surface area is 105 Å². The Hall–Kier alpha value is -1.09. The summed E-state index contributed by atoms with van der Waals surface area (Å²) in [6.45, 7) is 10.3. The van der Waals surface area contributed by atoms with E-state index in [1.54, 1.807) is 0 Å². The van der Waals surface area contributed by atoms with Gasteiger partial charge in [0.2, 0.25) is 0 Å². The van der Waals surface area contributed by atoms with E-state index in [4.69, 9.17) is 10.7 Å². The van der Waals surface area contributed by atoms with Crippen LogP contribution in [-0.2, 0) is 12.0 Å². The topological polar surface area (TPSA) is 42.1 Å². The number of hydrogen-bond acceptors (Lipinski definition) is 3. The van der Waals surface area contributed by atoms with Crippen molar-refractivity contribution in [3.05, 3.63) is 23.4 Å². The highest BCUT2D eigenvalue weighted by atomic mass is 15.2. The van der Waals surface area contributed by atoms with Gasteiger partial charge in [0.15, 0.2) is 0 Å². The molecule has 0 aliphatic heterocycles. The Morgan fingerprint density at radius 1 is 1.29 bits per heavy atom. The molecule has 1 rings (SSSR count). The van der Waals surface area contributed by atoms with E-state index in [1.165, 1.54) is 0 Å². The maximum Gasteiger partial charge on any atom is 0.128 e. The lowest BCUT2D eigenvalue weighted by Gasteiger charge is -2.23. The second-order valence-electron chi connectivity index (χ2n) is 5.59. The highest BCUT2D eigenvalue weighted by Crippen LogP contribution is 2.24. The van der Waals surface area contributed by atoms with Gasteiger partial charge in [0.05, 0.1) is 0 Å². The van der Waals surface area contributed by atoms with E-state index in [0.717, 1.165) is 30.0 Å². The van der Waals surface area contributed by atoms with E-state index in [1.807, 2.05) is 0 Å². The Kier molecular flexibility index (Phi) is 4.52. The predicted octanol–water partition coefficient (Wildman–Crippen LogP) is 2.68. The second kappa shape index (κ2) is 5.50. The van der Waals surface area contributed by atoms with Crippen molar-refractivity contribution in [1.82, 2.24) is 4.98 Å². The van der Waals surface area contributed by atoms with Crippen molar-refractivity contribution in [3.63, 3.8) is 0 Å². The third kappa shape index (κ3) is 3.70. The molecule has 1 aromatic rings. The lowest BCUT2D eigenvalue weighted by atomic mass is 9.90. The molecule has 0 saturated heterocycles. The van der Waals surface area contributed by atoms with Crippen LogP contribution in [0.5, 0.6) is 0 Å². The minimum absolute atomic E-state index is 0.0625. The molecule has 0 aliphatic carbocycles. The van der Waals surface area contributed by atoms with E-state index >= 15 is 0 Å². The zero-order valence-corrected chi connectivity index (χ0v) is 11.7. The molecule has 0 atom stereocenters. The summed E-state index contributed by atoms with van der Waals surface area (Å²) in [5, 5.41) is 0. The molecule has 0 bridgehead atoms. The van der Waals surface area contributed by atoms with Crippen LogP contribution in [0.3, 0.4) is 0 Å². The van der Waals surface area contributed by atoms with E-state index in [-0.39, 0.29) is 5.41 Å². The number of anilines is 1. The molecule has 0 fully saturated rings. The Balaban J connectivity index is 3.14. The van der Waals surface area contributed by atoms with Crippen LogP contribution >= 0.6 is 0 Å².